The van der Waals surface area contributed by atoms with Gasteiger partial charge >= 0.3 is 6.61 Å². The highest BCUT2D eigenvalue weighted by Gasteiger charge is 2.36. The second-order valence-corrected chi connectivity index (χ2v) is 6.10. The number of alkyl halides is 2. The van der Waals surface area contributed by atoms with Gasteiger partial charge in [-0.1, -0.05) is 25.1 Å². The van der Waals surface area contributed by atoms with Gasteiger partial charge in [0.05, 0.1) is 0 Å². The normalized spacial score (nSPS) is 19.4. The Morgan fingerprint density at radius 3 is 2.84 bits per heavy atom. The summed E-state index contributed by atoms with van der Waals surface area (Å²) in [5.41, 5.74) is 0.479. The molecule has 0 aliphatic heterocycles. The number of rotatable bonds is 7. The Morgan fingerprint density at radius 2 is 2.12 bits per heavy atom. The fraction of sp³-hybridized carbons (Fsp3) is 0.316. The molecule has 1 aromatic carbocycles. The Hall–Kier alpha value is -2.63. The van der Waals surface area contributed by atoms with Crippen LogP contribution in [0.25, 0.3) is 6.08 Å². The van der Waals surface area contributed by atoms with Gasteiger partial charge in [0.2, 0.25) is 5.91 Å². The van der Waals surface area contributed by atoms with E-state index in [0.29, 0.717) is 23.2 Å². The Morgan fingerprint density at radius 1 is 1.36 bits per heavy atom. The van der Waals surface area contributed by atoms with E-state index in [4.69, 9.17) is 4.42 Å². The lowest BCUT2D eigenvalue weighted by molar-refractivity contribution is -0.116. The first kappa shape index (κ1) is 17.2. The van der Waals surface area contributed by atoms with Crippen molar-refractivity contribution in [2.24, 2.45) is 5.92 Å². The molecule has 1 N–H and O–H groups in total. The quantitative estimate of drug-likeness (QED) is 0.758. The number of benzene rings is 1. The van der Waals surface area contributed by atoms with E-state index in [1.165, 1.54) is 12.1 Å². The third kappa shape index (κ3) is 4.68. The Labute approximate surface area is 144 Å². The molecule has 6 heteroatoms. The zero-order valence-electron chi connectivity index (χ0n) is 13.7. The average Bonchev–Trinajstić information content (AvgIpc) is 3.12. The highest BCUT2D eigenvalue weighted by molar-refractivity contribution is 5.91. The molecule has 1 aliphatic rings. The molecule has 1 aromatic heterocycles. The maximum absolute atomic E-state index is 12.4. The first-order chi connectivity index (χ1) is 12.0. The van der Waals surface area contributed by atoms with Crippen LogP contribution >= 0.6 is 0 Å². The van der Waals surface area contributed by atoms with Crippen LogP contribution in [0.2, 0.25) is 0 Å². The fourth-order valence-electron chi connectivity index (χ4n) is 2.64. The van der Waals surface area contributed by atoms with Crippen LogP contribution in [0, 0.1) is 5.92 Å². The van der Waals surface area contributed by atoms with Crippen LogP contribution < -0.4 is 10.1 Å². The molecular weight excluding hydrogens is 328 g/mol. The largest absolute Gasteiger partial charge is 0.461 e. The molecule has 0 bridgehead atoms. The smallest absolute Gasteiger partial charge is 0.387 e. The zero-order valence-corrected chi connectivity index (χ0v) is 13.7. The predicted octanol–water partition coefficient (Wildman–Crippen LogP) is 4.33. The molecule has 3 rings (SSSR count). The van der Waals surface area contributed by atoms with Gasteiger partial charge < -0.3 is 14.5 Å². The SMILES string of the molecule is CC1CC1c1ccc(C=CC(=O)NCc2ccccc2OC(F)F)o1. The minimum absolute atomic E-state index is 0.0519. The van der Waals surface area contributed by atoms with Crippen molar-refractivity contribution in [2.75, 3.05) is 0 Å². The van der Waals surface area contributed by atoms with E-state index < -0.39 is 6.61 Å². The number of carbonyl (C=O) groups is 1. The topological polar surface area (TPSA) is 51.5 Å². The van der Waals surface area contributed by atoms with Gasteiger partial charge in [0.1, 0.15) is 17.3 Å². The standard InChI is InChI=1S/C19H19F2NO3/c1-12-10-15(12)17-8-6-14(24-17)7-9-18(23)22-11-13-4-2-3-5-16(13)25-19(20)21/h2-9,12,15,19H,10-11H2,1H3,(H,22,23). The molecule has 1 aliphatic carbocycles. The van der Waals surface area contributed by atoms with Crippen molar-refractivity contribution in [3.05, 3.63) is 59.6 Å². The number of hydrogen-bond acceptors (Lipinski definition) is 3. The molecule has 4 nitrogen and oxygen atoms in total. The van der Waals surface area contributed by atoms with Crippen molar-refractivity contribution in [3.63, 3.8) is 0 Å². The van der Waals surface area contributed by atoms with E-state index in [0.717, 1.165) is 12.2 Å². The summed E-state index contributed by atoms with van der Waals surface area (Å²) in [6.45, 7) is -0.639. The summed E-state index contributed by atoms with van der Waals surface area (Å²) in [4.78, 5) is 11.9. The van der Waals surface area contributed by atoms with Gasteiger partial charge in [-0.05, 0) is 36.6 Å². The molecular formula is C19H19F2NO3. The van der Waals surface area contributed by atoms with Crippen LogP contribution in [0.3, 0.4) is 0 Å². The Balaban J connectivity index is 1.53. The molecule has 2 atom stereocenters. The summed E-state index contributed by atoms with van der Waals surface area (Å²) in [6, 6.07) is 10.1. The number of para-hydroxylation sites is 1. The number of carbonyl (C=O) groups excluding carboxylic acids is 1. The van der Waals surface area contributed by atoms with Crippen molar-refractivity contribution >= 4 is 12.0 Å². The fourth-order valence-corrected chi connectivity index (χ4v) is 2.64. The monoisotopic (exact) mass is 347 g/mol. The Kier molecular flexibility index (Phi) is 5.16. The van der Waals surface area contributed by atoms with Gasteiger partial charge in [0, 0.05) is 24.1 Å². The van der Waals surface area contributed by atoms with Gasteiger partial charge in [0.25, 0.3) is 0 Å². The molecule has 0 spiro atoms. The summed E-state index contributed by atoms with van der Waals surface area (Å²) in [5, 5.41) is 2.64. The van der Waals surface area contributed by atoms with Gasteiger partial charge in [0.15, 0.2) is 0 Å². The number of halogens is 2. The highest BCUT2D eigenvalue weighted by Crippen LogP contribution is 2.47. The number of nitrogens with one attached hydrogen (secondary N) is 1. The number of ether oxygens (including phenoxy) is 1. The van der Waals surface area contributed by atoms with Crippen LogP contribution in [0.1, 0.15) is 36.3 Å². The van der Waals surface area contributed by atoms with E-state index in [9.17, 15) is 13.6 Å². The van der Waals surface area contributed by atoms with Crippen LogP contribution in [0.15, 0.2) is 46.9 Å². The first-order valence-electron chi connectivity index (χ1n) is 8.11. The van der Waals surface area contributed by atoms with Crippen molar-refractivity contribution in [3.8, 4) is 5.75 Å². The molecule has 0 radical (unpaired) electrons. The summed E-state index contributed by atoms with van der Waals surface area (Å²) in [7, 11) is 0. The van der Waals surface area contributed by atoms with Crippen LogP contribution in [-0.4, -0.2) is 12.5 Å². The van der Waals surface area contributed by atoms with Gasteiger partial charge in [-0.3, -0.25) is 4.79 Å². The summed E-state index contributed by atoms with van der Waals surface area (Å²) >= 11 is 0. The number of furan rings is 1. The van der Waals surface area contributed by atoms with Gasteiger partial charge in [-0.15, -0.1) is 0 Å². The third-order valence-corrected chi connectivity index (χ3v) is 4.16. The molecule has 25 heavy (non-hydrogen) atoms. The summed E-state index contributed by atoms with van der Waals surface area (Å²) < 4.78 is 34.8. The van der Waals surface area contributed by atoms with Crippen LogP contribution in [-0.2, 0) is 11.3 Å². The van der Waals surface area contributed by atoms with Crippen LogP contribution in [0.5, 0.6) is 5.75 Å². The number of amides is 1. The maximum Gasteiger partial charge on any atom is 0.387 e. The first-order valence-corrected chi connectivity index (χ1v) is 8.11. The summed E-state index contributed by atoms with van der Waals surface area (Å²) in [5.74, 6) is 2.42. The minimum atomic E-state index is -2.90. The van der Waals surface area contributed by atoms with E-state index >= 15 is 0 Å². The lowest BCUT2D eigenvalue weighted by Crippen LogP contribution is -2.21. The Bertz CT molecular complexity index is 770. The lowest BCUT2D eigenvalue weighted by atomic mass is 10.2. The molecule has 0 saturated heterocycles. The van der Waals surface area contributed by atoms with Crippen molar-refractivity contribution in [1.82, 2.24) is 5.32 Å². The van der Waals surface area contributed by atoms with Crippen molar-refractivity contribution in [2.45, 2.75) is 32.4 Å². The molecule has 1 heterocycles. The van der Waals surface area contributed by atoms with E-state index in [1.54, 1.807) is 24.3 Å². The molecule has 1 saturated carbocycles. The maximum atomic E-state index is 12.4. The van der Waals surface area contributed by atoms with Gasteiger partial charge in [-0.25, -0.2) is 0 Å². The molecule has 2 aromatic rings. The molecule has 1 amide bonds. The average molecular weight is 347 g/mol. The predicted molar refractivity (Wildman–Crippen MR) is 89.2 cm³/mol. The lowest BCUT2D eigenvalue weighted by Gasteiger charge is -2.10. The second-order valence-electron chi connectivity index (χ2n) is 6.10. The van der Waals surface area contributed by atoms with E-state index in [-0.39, 0.29) is 18.2 Å². The van der Waals surface area contributed by atoms with Gasteiger partial charge in [-0.2, -0.15) is 8.78 Å². The molecule has 1 fully saturated rings. The van der Waals surface area contributed by atoms with Crippen LogP contribution in [0.4, 0.5) is 8.78 Å². The van der Waals surface area contributed by atoms with Crippen molar-refractivity contribution in [1.29, 1.82) is 0 Å². The molecule has 132 valence electrons. The zero-order chi connectivity index (χ0) is 17.8. The molecule has 2 unspecified atom stereocenters. The van der Waals surface area contributed by atoms with Crippen molar-refractivity contribution < 1.29 is 22.7 Å². The summed E-state index contributed by atoms with van der Waals surface area (Å²) in [6.07, 6.45) is 4.08. The second kappa shape index (κ2) is 7.51. The minimum Gasteiger partial charge on any atom is -0.461 e. The highest BCUT2D eigenvalue weighted by atomic mass is 19.3. The number of hydrogen-bond donors (Lipinski definition) is 1. The van der Waals surface area contributed by atoms with E-state index in [1.807, 2.05) is 12.1 Å². The van der Waals surface area contributed by atoms with E-state index in [2.05, 4.69) is 17.0 Å². The third-order valence-electron chi connectivity index (χ3n) is 4.16.